The van der Waals surface area contributed by atoms with E-state index in [2.05, 4.69) is 16.3 Å². The molecule has 1 amide bonds. The lowest BCUT2D eigenvalue weighted by molar-refractivity contribution is -0.131. The second-order valence-electron chi connectivity index (χ2n) is 7.03. The van der Waals surface area contributed by atoms with Gasteiger partial charge in [0.15, 0.2) is 5.67 Å². The van der Waals surface area contributed by atoms with Crippen molar-refractivity contribution in [1.29, 1.82) is 0 Å². The lowest BCUT2D eigenvalue weighted by atomic mass is 9.98. The van der Waals surface area contributed by atoms with E-state index in [1.54, 1.807) is 7.11 Å². The van der Waals surface area contributed by atoms with E-state index in [9.17, 15) is 9.18 Å². The van der Waals surface area contributed by atoms with Gasteiger partial charge in [-0.05, 0) is 50.8 Å². The number of carbonyl (C=O) groups is 1. The minimum Gasteiger partial charge on any atom is -0.497 e. The molecule has 3 rings (SSSR count). The monoisotopic (exact) mass is 320 g/mol. The minimum absolute atomic E-state index is 0.0646. The third-order valence-electron chi connectivity index (χ3n) is 4.74. The van der Waals surface area contributed by atoms with Gasteiger partial charge in [0.25, 0.3) is 5.91 Å². The average molecular weight is 320 g/mol. The summed E-state index contributed by atoms with van der Waals surface area (Å²) in [5.74, 6) is 0.272. The highest BCUT2D eigenvalue weighted by atomic mass is 19.1. The molecule has 1 saturated heterocycles. The maximum Gasteiger partial charge on any atom is 0.257 e. The predicted octanol–water partition coefficient (Wildman–Crippen LogP) is 2.84. The lowest BCUT2D eigenvalue weighted by Crippen LogP contribution is -2.46. The van der Waals surface area contributed by atoms with E-state index in [-0.39, 0.29) is 12.1 Å². The fourth-order valence-corrected chi connectivity index (χ4v) is 3.37. The lowest BCUT2D eigenvalue weighted by Gasteiger charge is -2.30. The van der Waals surface area contributed by atoms with Crippen LogP contribution in [0.5, 0.6) is 5.75 Å². The Morgan fingerprint density at radius 1 is 1.35 bits per heavy atom. The summed E-state index contributed by atoms with van der Waals surface area (Å²) >= 11 is 0. The molecule has 2 aliphatic rings. The summed E-state index contributed by atoms with van der Waals surface area (Å²) in [4.78, 5) is 14.5. The van der Waals surface area contributed by atoms with Gasteiger partial charge in [0.1, 0.15) is 5.75 Å². The van der Waals surface area contributed by atoms with Crippen LogP contribution in [-0.2, 0) is 4.79 Å². The number of ether oxygens (including phenoxy) is 1. The summed E-state index contributed by atoms with van der Waals surface area (Å²) in [6.07, 6.45) is 3.26. The molecule has 0 radical (unpaired) electrons. The van der Waals surface area contributed by atoms with E-state index in [1.165, 1.54) is 26.7 Å². The van der Waals surface area contributed by atoms with Crippen molar-refractivity contribution in [3.05, 3.63) is 29.8 Å². The number of carbonyl (C=O) groups excluding carboxylic acids is 1. The zero-order valence-electron chi connectivity index (χ0n) is 14.0. The Hall–Kier alpha value is -1.62. The fourth-order valence-electron chi connectivity index (χ4n) is 3.37. The summed E-state index contributed by atoms with van der Waals surface area (Å²) in [7, 11) is 1.65. The molecule has 0 spiro atoms. The molecule has 1 N–H and O–H groups in total. The van der Waals surface area contributed by atoms with Gasteiger partial charge in [-0.3, -0.25) is 9.69 Å². The van der Waals surface area contributed by atoms with Crippen molar-refractivity contribution in [2.24, 2.45) is 0 Å². The molecule has 5 heteroatoms. The molecule has 4 nitrogen and oxygen atoms in total. The number of hydrogen-bond donors (Lipinski definition) is 1. The van der Waals surface area contributed by atoms with Crippen LogP contribution < -0.4 is 10.1 Å². The van der Waals surface area contributed by atoms with E-state index in [4.69, 9.17) is 4.74 Å². The van der Waals surface area contributed by atoms with Crippen molar-refractivity contribution in [2.75, 3.05) is 13.7 Å². The van der Waals surface area contributed by atoms with Gasteiger partial charge in [-0.25, -0.2) is 4.39 Å². The van der Waals surface area contributed by atoms with Gasteiger partial charge in [0.05, 0.1) is 13.2 Å². The van der Waals surface area contributed by atoms with Crippen molar-refractivity contribution in [2.45, 2.75) is 56.9 Å². The number of alkyl halides is 1. The Bertz CT molecular complexity index is 581. The number of hydrogen-bond acceptors (Lipinski definition) is 3. The number of nitrogens with one attached hydrogen (secondary N) is 1. The van der Waals surface area contributed by atoms with Crippen molar-refractivity contribution in [1.82, 2.24) is 10.2 Å². The maximum atomic E-state index is 13.9. The smallest absolute Gasteiger partial charge is 0.257 e. The maximum absolute atomic E-state index is 13.9. The zero-order chi connectivity index (χ0) is 16.6. The van der Waals surface area contributed by atoms with Gasteiger partial charge >= 0.3 is 0 Å². The van der Waals surface area contributed by atoms with Crippen LogP contribution in [0.3, 0.4) is 0 Å². The standard InChI is InChI=1S/C18H25FN2O2/c1-18(2,19)17(22)20-15-9-10-21(13-7-8-13)16(15)12-5-4-6-14(11-12)23-3/h4-6,11,13,15-16H,7-10H2,1-3H3,(H,20,22)/t15-,16-/m0/s1. The van der Waals surface area contributed by atoms with Gasteiger partial charge in [0, 0.05) is 18.6 Å². The van der Waals surface area contributed by atoms with Crippen LogP contribution >= 0.6 is 0 Å². The summed E-state index contributed by atoms with van der Waals surface area (Å²) in [5, 5.41) is 2.92. The molecule has 1 aromatic carbocycles. The summed E-state index contributed by atoms with van der Waals surface area (Å²) in [6.45, 7) is 3.54. The topological polar surface area (TPSA) is 41.6 Å². The van der Waals surface area contributed by atoms with Crippen molar-refractivity contribution in [3.8, 4) is 5.75 Å². The number of likely N-dealkylation sites (tertiary alicyclic amines) is 1. The van der Waals surface area contributed by atoms with E-state index >= 15 is 0 Å². The SMILES string of the molecule is COc1cccc([C@H]2[C@@H](NC(=O)C(C)(C)F)CCN2C2CC2)c1. The van der Waals surface area contributed by atoms with Crippen LogP contribution in [0.2, 0.25) is 0 Å². The number of amides is 1. The minimum atomic E-state index is -1.86. The summed E-state index contributed by atoms with van der Waals surface area (Å²) in [5.41, 5.74) is -0.734. The first-order valence-corrected chi connectivity index (χ1v) is 8.29. The van der Waals surface area contributed by atoms with Crippen LogP contribution in [0, 0.1) is 0 Å². The van der Waals surface area contributed by atoms with E-state index in [0.717, 1.165) is 24.3 Å². The van der Waals surface area contributed by atoms with Crippen molar-refractivity contribution < 1.29 is 13.9 Å². The second kappa shape index (κ2) is 6.11. The first kappa shape index (κ1) is 16.2. The molecule has 126 valence electrons. The van der Waals surface area contributed by atoms with Crippen LogP contribution in [-0.4, -0.2) is 42.2 Å². The second-order valence-corrected chi connectivity index (χ2v) is 7.03. The molecule has 2 fully saturated rings. The number of nitrogens with zero attached hydrogens (tertiary/aromatic N) is 1. The predicted molar refractivity (Wildman–Crippen MR) is 87.2 cm³/mol. The van der Waals surface area contributed by atoms with E-state index in [1.807, 2.05) is 18.2 Å². The molecule has 2 atom stereocenters. The van der Waals surface area contributed by atoms with Gasteiger partial charge < -0.3 is 10.1 Å². The third-order valence-corrected chi connectivity index (χ3v) is 4.74. The molecule has 1 aliphatic carbocycles. The zero-order valence-corrected chi connectivity index (χ0v) is 14.0. The number of rotatable bonds is 5. The highest BCUT2D eigenvalue weighted by Crippen LogP contribution is 2.41. The molecule has 0 aromatic heterocycles. The fraction of sp³-hybridized carbons (Fsp3) is 0.611. The largest absolute Gasteiger partial charge is 0.497 e. The Labute approximate surface area is 137 Å². The van der Waals surface area contributed by atoms with Crippen molar-refractivity contribution >= 4 is 5.91 Å². The quantitative estimate of drug-likeness (QED) is 0.907. The highest BCUT2D eigenvalue weighted by molar-refractivity contribution is 5.84. The third kappa shape index (κ3) is 3.50. The molecule has 23 heavy (non-hydrogen) atoms. The summed E-state index contributed by atoms with van der Waals surface area (Å²) < 4.78 is 19.2. The normalized spacial score (nSPS) is 25.4. The molecule has 0 bridgehead atoms. The molecule has 1 aliphatic heterocycles. The molecule has 1 heterocycles. The van der Waals surface area contributed by atoms with Gasteiger partial charge in [-0.2, -0.15) is 0 Å². The van der Waals surface area contributed by atoms with Gasteiger partial charge in [0.2, 0.25) is 0 Å². The summed E-state index contributed by atoms with van der Waals surface area (Å²) in [6, 6.07) is 8.58. The number of methoxy groups -OCH3 is 1. The molecule has 1 aromatic rings. The number of benzene rings is 1. The van der Waals surface area contributed by atoms with Crippen LogP contribution in [0.1, 0.15) is 44.7 Å². The molecule has 0 unspecified atom stereocenters. The molecule has 1 saturated carbocycles. The molecular weight excluding hydrogens is 295 g/mol. The van der Waals surface area contributed by atoms with Crippen LogP contribution in [0.25, 0.3) is 0 Å². The Balaban J connectivity index is 1.85. The van der Waals surface area contributed by atoms with Crippen molar-refractivity contribution in [3.63, 3.8) is 0 Å². The first-order chi connectivity index (χ1) is 10.9. The number of halogens is 1. The van der Waals surface area contributed by atoms with Gasteiger partial charge in [-0.1, -0.05) is 12.1 Å². The first-order valence-electron chi connectivity index (χ1n) is 8.29. The van der Waals surface area contributed by atoms with E-state index < -0.39 is 11.6 Å². The Morgan fingerprint density at radius 2 is 2.09 bits per heavy atom. The van der Waals surface area contributed by atoms with E-state index in [0.29, 0.717) is 6.04 Å². The molecular formula is C18H25FN2O2. The van der Waals surface area contributed by atoms with Crippen LogP contribution in [0.4, 0.5) is 4.39 Å². The Morgan fingerprint density at radius 3 is 2.70 bits per heavy atom. The Kier molecular flexibility index (Phi) is 4.32. The van der Waals surface area contributed by atoms with Gasteiger partial charge in [-0.15, -0.1) is 0 Å². The van der Waals surface area contributed by atoms with Crippen LogP contribution in [0.15, 0.2) is 24.3 Å². The highest BCUT2D eigenvalue weighted by Gasteiger charge is 2.44. The average Bonchev–Trinajstić information content (AvgIpc) is 3.27.